The molecule has 1 aromatic heterocycles. The molecular formula is C17H21N3O6S2. The van der Waals surface area contributed by atoms with Gasteiger partial charge in [-0.2, -0.15) is 13.6 Å². The summed E-state index contributed by atoms with van der Waals surface area (Å²) in [5, 5.41) is 10.3. The molecular weight excluding hydrogens is 406 g/mol. The fourth-order valence-electron chi connectivity index (χ4n) is 2.34. The van der Waals surface area contributed by atoms with Crippen molar-refractivity contribution < 1.29 is 26.9 Å². The van der Waals surface area contributed by atoms with E-state index in [1.165, 1.54) is 30.6 Å². The highest BCUT2D eigenvalue weighted by molar-refractivity contribution is 7.84. The Morgan fingerprint density at radius 2 is 1.96 bits per heavy atom. The standard InChI is InChI=1S/C17H21N3O6S2/c1-3-12-10-27-17(19-12)14(20-15(21)9-16(22)25-2)8-11-4-6-13(7-5-11)26-28(18,23)24/h4-7,10,14H,3,8-9H2,1-2H3,(H,20,21)(H2,18,23,24). The lowest BCUT2D eigenvalue weighted by atomic mass is 10.1. The van der Waals surface area contributed by atoms with E-state index in [1.54, 1.807) is 12.1 Å². The Labute approximate surface area is 167 Å². The van der Waals surface area contributed by atoms with Crippen molar-refractivity contribution in [2.75, 3.05) is 7.11 Å². The molecule has 0 saturated carbocycles. The summed E-state index contributed by atoms with van der Waals surface area (Å²) in [7, 11) is -2.88. The summed E-state index contributed by atoms with van der Waals surface area (Å²) < 4.78 is 31.1. The lowest BCUT2D eigenvalue weighted by Crippen LogP contribution is -2.31. The van der Waals surface area contributed by atoms with E-state index in [2.05, 4.69) is 19.2 Å². The van der Waals surface area contributed by atoms with Crippen LogP contribution in [0.4, 0.5) is 0 Å². The van der Waals surface area contributed by atoms with Crippen molar-refractivity contribution in [2.24, 2.45) is 5.14 Å². The number of carbonyl (C=O) groups excluding carboxylic acids is 2. The predicted molar refractivity (Wildman–Crippen MR) is 103 cm³/mol. The molecule has 1 atom stereocenters. The minimum absolute atomic E-state index is 0.0834. The number of methoxy groups -OCH3 is 1. The number of carbonyl (C=O) groups is 2. The van der Waals surface area contributed by atoms with Gasteiger partial charge in [0.2, 0.25) is 5.91 Å². The highest BCUT2D eigenvalue weighted by Crippen LogP contribution is 2.24. The third-order valence-corrected chi connectivity index (χ3v) is 5.11. The van der Waals surface area contributed by atoms with Gasteiger partial charge in [-0.25, -0.2) is 4.98 Å². The van der Waals surface area contributed by atoms with Crippen molar-refractivity contribution >= 4 is 33.5 Å². The van der Waals surface area contributed by atoms with Crippen LogP contribution in [0.15, 0.2) is 29.6 Å². The van der Waals surface area contributed by atoms with Crippen molar-refractivity contribution in [3.63, 3.8) is 0 Å². The molecule has 1 aromatic carbocycles. The number of nitrogens with one attached hydrogen (secondary N) is 1. The zero-order valence-electron chi connectivity index (χ0n) is 15.4. The average Bonchev–Trinajstić information content (AvgIpc) is 3.10. The summed E-state index contributed by atoms with van der Waals surface area (Å²) >= 11 is 1.42. The van der Waals surface area contributed by atoms with Crippen molar-refractivity contribution in [2.45, 2.75) is 32.2 Å². The lowest BCUT2D eigenvalue weighted by molar-refractivity contribution is -0.143. The van der Waals surface area contributed by atoms with Gasteiger partial charge < -0.3 is 14.2 Å². The van der Waals surface area contributed by atoms with E-state index in [4.69, 9.17) is 5.14 Å². The Morgan fingerprint density at radius 1 is 1.29 bits per heavy atom. The maximum Gasteiger partial charge on any atom is 0.380 e. The molecule has 28 heavy (non-hydrogen) atoms. The first-order chi connectivity index (χ1) is 13.2. The average molecular weight is 428 g/mol. The van der Waals surface area contributed by atoms with E-state index in [0.717, 1.165) is 17.7 Å². The van der Waals surface area contributed by atoms with Crippen LogP contribution in [-0.2, 0) is 37.5 Å². The summed E-state index contributed by atoms with van der Waals surface area (Å²) in [6.45, 7) is 1.98. The first kappa shape index (κ1) is 21.8. The van der Waals surface area contributed by atoms with Gasteiger partial charge in [-0.05, 0) is 30.5 Å². The molecule has 9 nitrogen and oxygen atoms in total. The predicted octanol–water partition coefficient (Wildman–Crippen LogP) is 1.25. The van der Waals surface area contributed by atoms with Gasteiger partial charge >= 0.3 is 16.3 Å². The van der Waals surface area contributed by atoms with Crippen LogP contribution in [-0.4, -0.2) is 32.4 Å². The van der Waals surface area contributed by atoms with E-state index >= 15 is 0 Å². The van der Waals surface area contributed by atoms with Crippen LogP contribution in [0.25, 0.3) is 0 Å². The third-order valence-electron chi connectivity index (χ3n) is 3.67. The minimum atomic E-state index is -4.10. The van der Waals surface area contributed by atoms with E-state index < -0.39 is 28.2 Å². The van der Waals surface area contributed by atoms with Crippen molar-refractivity contribution in [1.82, 2.24) is 10.3 Å². The number of aromatic nitrogens is 1. The number of hydrogen-bond donors (Lipinski definition) is 2. The molecule has 0 aliphatic rings. The summed E-state index contributed by atoms with van der Waals surface area (Å²) in [6.07, 6.45) is 0.762. The number of rotatable bonds is 9. The van der Waals surface area contributed by atoms with E-state index in [0.29, 0.717) is 11.4 Å². The SMILES string of the molecule is CCc1csc(C(Cc2ccc(OS(N)(=O)=O)cc2)NC(=O)CC(=O)OC)n1. The van der Waals surface area contributed by atoms with Gasteiger partial charge in [-0.3, -0.25) is 9.59 Å². The van der Waals surface area contributed by atoms with Crippen molar-refractivity contribution in [1.29, 1.82) is 0 Å². The summed E-state index contributed by atoms with van der Waals surface area (Å²) in [6, 6.07) is 5.80. The monoisotopic (exact) mass is 427 g/mol. The molecule has 3 N–H and O–H groups in total. The molecule has 2 rings (SSSR count). The number of hydrogen-bond acceptors (Lipinski definition) is 8. The Balaban J connectivity index is 2.16. The number of benzene rings is 1. The second-order valence-corrected chi connectivity index (χ2v) is 7.87. The van der Waals surface area contributed by atoms with Gasteiger partial charge in [-0.15, -0.1) is 11.3 Å². The number of nitrogens with zero attached hydrogens (tertiary/aromatic N) is 1. The Hall–Kier alpha value is -2.50. The molecule has 0 radical (unpaired) electrons. The molecule has 0 fully saturated rings. The van der Waals surface area contributed by atoms with Crippen LogP contribution in [0.5, 0.6) is 5.75 Å². The summed E-state index contributed by atoms with van der Waals surface area (Å²) in [5.74, 6) is -1.02. The van der Waals surface area contributed by atoms with Gasteiger partial charge in [-0.1, -0.05) is 19.1 Å². The van der Waals surface area contributed by atoms with Gasteiger partial charge in [0.15, 0.2) is 0 Å². The Kier molecular flexibility index (Phi) is 7.49. The number of ether oxygens (including phenoxy) is 1. The fourth-order valence-corrected chi connectivity index (χ4v) is 3.68. The van der Waals surface area contributed by atoms with Gasteiger partial charge in [0.05, 0.1) is 18.8 Å². The zero-order valence-corrected chi connectivity index (χ0v) is 17.0. The normalized spacial score (nSPS) is 12.2. The molecule has 1 heterocycles. The van der Waals surface area contributed by atoms with E-state index in [-0.39, 0.29) is 12.2 Å². The molecule has 0 aliphatic heterocycles. The van der Waals surface area contributed by atoms with Gasteiger partial charge in [0.25, 0.3) is 0 Å². The number of esters is 1. The fraction of sp³-hybridized carbons (Fsp3) is 0.353. The Bertz CT molecular complexity index is 925. The van der Waals surface area contributed by atoms with E-state index in [1.807, 2.05) is 12.3 Å². The first-order valence-electron chi connectivity index (χ1n) is 8.31. The molecule has 1 unspecified atom stereocenters. The van der Waals surface area contributed by atoms with Crippen LogP contribution in [0, 0.1) is 0 Å². The third kappa shape index (κ3) is 6.91. The van der Waals surface area contributed by atoms with Crippen molar-refractivity contribution in [3.05, 3.63) is 45.9 Å². The van der Waals surface area contributed by atoms with Gasteiger partial charge in [0.1, 0.15) is 17.2 Å². The molecule has 2 aromatic rings. The Morgan fingerprint density at radius 3 is 2.50 bits per heavy atom. The molecule has 0 spiro atoms. The maximum atomic E-state index is 12.1. The van der Waals surface area contributed by atoms with Crippen LogP contribution in [0.2, 0.25) is 0 Å². The molecule has 0 bridgehead atoms. The second-order valence-electron chi connectivity index (χ2n) is 5.83. The first-order valence-corrected chi connectivity index (χ1v) is 10.7. The number of aryl methyl sites for hydroxylation is 1. The molecule has 1 amide bonds. The summed E-state index contributed by atoms with van der Waals surface area (Å²) in [4.78, 5) is 28.0. The topological polar surface area (TPSA) is 138 Å². The van der Waals surface area contributed by atoms with Crippen LogP contribution >= 0.6 is 11.3 Å². The second kappa shape index (κ2) is 9.62. The molecule has 11 heteroatoms. The largest absolute Gasteiger partial charge is 0.469 e. The van der Waals surface area contributed by atoms with Crippen LogP contribution in [0.1, 0.15) is 35.7 Å². The smallest absolute Gasteiger partial charge is 0.380 e. The van der Waals surface area contributed by atoms with E-state index in [9.17, 15) is 18.0 Å². The van der Waals surface area contributed by atoms with Crippen LogP contribution < -0.4 is 14.6 Å². The van der Waals surface area contributed by atoms with Crippen LogP contribution in [0.3, 0.4) is 0 Å². The number of thiazole rings is 1. The number of nitrogens with two attached hydrogens (primary N) is 1. The zero-order chi connectivity index (χ0) is 20.7. The van der Waals surface area contributed by atoms with Gasteiger partial charge in [0, 0.05) is 5.38 Å². The summed E-state index contributed by atoms with van der Waals surface area (Å²) in [5.41, 5.74) is 1.71. The quantitative estimate of drug-likeness (QED) is 0.454. The van der Waals surface area contributed by atoms with Crippen molar-refractivity contribution in [3.8, 4) is 5.75 Å². The molecule has 0 saturated heterocycles. The maximum absolute atomic E-state index is 12.1. The molecule has 152 valence electrons. The highest BCUT2D eigenvalue weighted by atomic mass is 32.2. The molecule has 0 aliphatic carbocycles. The minimum Gasteiger partial charge on any atom is -0.469 e. The number of amides is 1. The lowest BCUT2D eigenvalue weighted by Gasteiger charge is -2.17. The highest BCUT2D eigenvalue weighted by Gasteiger charge is 2.20.